The Hall–Kier alpha value is -1.22. The highest BCUT2D eigenvalue weighted by atomic mass is 16.5. The van der Waals surface area contributed by atoms with Crippen LogP contribution in [-0.2, 0) is 0 Å². The molecule has 1 aromatic carbocycles. The molecule has 0 radical (unpaired) electrons. The summed E-state index contributed by atoms with van der Waals surface area (Å²) in [5.41, 5.74) is 0. The lowest BCUT2D eigenvalue weighted by Gasteiger charge is -2.36. The Morgan fingerprint density at radius 1 is 1.29 bits per heavy atom. The summed E-state index contributed by atoms with van der Waals surface area (Å²) in [6.45, 7) is 3.30. The molecule has 0 atom stereocenters. The molecule has 1 saturated carbocycles. The Morgan fingerprint density at radius 2 is 2.06 bits per heavy atom. The Morgan fingerprint density at radius 3 is 2.76 bits per heavy atom. The van der Waals surface area contributed by atoms with Crippen molar-refractivity contribution in [3.63, 3.8) is 0 Å². The van der Waals surface area contributed by atoms with E-state index in [0.717, 1.165) is 30.9 Å². The lowest BCUT2D eigenvalue weighted by Crippen LogP contribution is -2.46. The fraction of sp³-hybridized carbons (Fsp3) is 0.571. The number of nitrogens with one attached hydrogen (secondary N) is 1. The van der Waals surface area contributed by atoms with Crippen LogP contribution in [0.2, 0.25) is 0 Å². The summed E-state index contributed by atoms with van der Waals surface area (Å²) in [5, 5.41) is 3.50. The van der Waals surface area contributed by atoms with Crippen molar-refractivity contribution in [2.45, 2.75) is 38.3 Å². The zero-order valence-corrected chi connectivity index (χ0v) is 10.6. The molecule has 0 heterocycles. The molecule has 0 aliphatic heterocycles. The first-order chi connectivity index (χ1) is 8.31. The lowest BCUT2D eigenvalue weighted by molar-refractivity contribution is 0.0850. The van der Waals surface area contributed by atoms with Gasteiger partial charge in [0, 0.05) is 12.1 Å². The quantitative estimate of drug-likeness (QED) is 0.822. The van der Waals surface area contributed by atoms with Crippen LogP contribution in [0.3, 0.4) is 0 Å². The summed E-state index contributed by atoms with van der Waals surface area (Å²) < 4.78 is 11.1. The van der Waals surface area contributed by atoms with E-state index >= 15 is 0 Å². The molecule has 1 aromatic rings. The lowest BCUT2D eigenvalue weighted by atomic mass is 9.89. The predicted molar refractivity (Wildman–Crippen MR) is 68.7 cm³/mol. The van der Waals surface area contributed by atoms with Crippen LogP contribution in [0.25, 0.3) is 0 Å². The Labute approximate surface area is 103 Å². The van der Waals surface area contributed by atoms with Gasteiger partial charge in [0.25, 0.3) is 0 Å². The van der Waals surface area contributed by atoms with Gasteiger partial charge in [-0.3, -0.25) is 0 Å². The fourth-order valence-corrected chi connectivity index (χ4v) is 2.04. The summed E-state index contributed by atoms with van der Waals surface area (Å²) in [4.78, 5) is 0. The number of hydrogen-bond acceptors (Lipinski definition) is 3. The van der Waals surface area contributed by atoms with Gasteiger partial charge in [-0.25, -0.2) is 0 Å². The van der Waals surface area contributed by atoms with Crippen LogP contribution < -0.4 is 14.8 Å². The molecule has 0 bridgehead atoms. The van der Waals surface area contributed by atoms with E-state index in [-0.39, 0.29) is 0 Å². The minimum atomic E-state index is 0.358. The van der Waals surface area contributed by atoms with Crippen molar-refractivity contribution in [2.24, 2.45) is 0 Å². The fourth-order valence-electron chi connectivity index (χ4n) is 2.04. The van der Waals surface area contributed by atoms with Gasteiger partial charge >= 0.3 is 0 Å². The first-order valence-corrected chi connectivity index (χ1v) is 6.36. The zero-order valence-electron chi connectivity index (χ0n) is 10.6. The maximum Gasteiger partial charge on any atom is 0.123 e. The molecule has 17 heavy (non-hydrogen) atoms. The molecule has 1 fully saturated rings. The van der Waals surface area contributed by atoms with Crippen molar-refractivity contribution in [2.75, 3.05) is 13.7 Å². The second-order valence-electron chi connectivity index (χ2n) is 4.54. The van der Waals surface area contributed by atoms with Gasteiger partial charge in [0.1, 0.15) is 17.6 Å². The predicted octanol–water partition coefficient (Wildman–Crippen LogP) is 2.60. The van der Waals surface area contributed by atoms with Crippen LogP contribution in [0.5, 0.6) is 11.5 Å². The molecular weight excluding hydrogens is 214 g/mol. The van der Waals surface area contributed by atoms with Crippen LogP contribution in [0.1, 0.15) is 26.2 Å². The first kappa shape index (κ1) is 12.2. The zero-order chi connectivity index (χ0) is 12.1. The van der Waals surface area contributed by atoms with E-state index in [1.807, 2.05) is 24.3 Å². The summed E-state index contributed by atoms with van der Waals surface area (Å²) >= 11 is 0. The van der Waals surface area contributed by atoms with E-state index in [4.69, 9.17) is 9.47 Å². The maximum absolute atomic E-state index is 5.88. The van der Waals surface area contributed by atoms with Crippen molar-refractivity contribution >= 4 is 0 Å². The number of benzene rings is 1. The van der Waals surface area contributed by atoms with Crippen LogP contribution in [0, 0.1) is 0 Å². The van der Waals surface area contributed by atoms with Gasteiger partial charge in [-0.05, 0) is 37.9 Å². The summed E-state index contributed by atoms with van der Waals surface area (Å²) in [5.74, 6) is 1.76. The second-order valence-corrected chi connectivity index (χ2v) is 4.54. The van der Waals surface area contributed by atoms with E-state index in [0.29, 0.717) is 12.1 Å². The van der Waals surface area contributed by atoms with Gasteiger partial charge in [-0.15, -0.1) is 0 Å². The topological polar surface area (TPSA) is 30.5 Å². The highest BCUT2D eigenvalue weighted by molar-refractivity contribution is 5.33. The van der Waals surface area contributed by atoms with Crippen LogP contribution in [0.15, 0.2) is 24.3 Å². The normalized spacial score (nSPS) is 22.9. The van der Waals surface area contributed by atoms with Crippen LogP contribution in [0.4, 0.5) is 0 Å². The monoisotopic (exact) mass is 235 g/mol. The third kappa shape index (κ3) is 3.37. The smallest absolute Gasteiger partial charge is 0.123 e. The molecule has 0 unspecified atom stereocenters. The molecule has 3 heteroatoms. The summed E-state index contributed by atoms with van der Waals surface area (Å²) in [6.07, 6.45) is 3.77. The molecule has 0 aromatic heterocycles. The third-order valence-electron chi connectivity index (χ3n) is 3.12. The molecule has 0 amide bonds. The van der Waals surface area contributed by atoms with Gasteiger partial charge < -0.3 is 14.8 Å². The van der Waals surface area contributed by atoms with E-state index in [1.54, 1.807) is 7.11 Å². The van der Waals surface area contributed by atoms with Crippen molar-refractivity contribution in [3.8, 4) is 11.5 Å². The van der Waals surface area contributed by atoms with Crippen molar-refractivity contribution in [1.29, 1.82) is 0 Å². The minimum absolute atomic E-state index is 0.358. The average Bonchev–Trinajstić information content (AvgIpc) is 2.32. The SMILES string of the molecule is CCCNC1CC(Oc2cccc(OC)c2)C1. The van der Waals surface area contributed by atoms with E-state index in [9.17, 15) is 0 Å². The largest absolute Gasteiger partial charge is 0.497 e. The average molecular weight is 235 g/mol. The van der Waals surface area contributed by atoms with Gasteiger partial charge in [0.05, 0.1) is 7.11 Å². The number of hydrogen-bond donors (Lipinski definition) is 1. The number of rotatable bonds is 6. The van der Waals surface area contributed by atoms with Crippen molar-refractivity contribution in [3.05, 3.63) is 24.3 Å². The van der Waals surface area contributed by atoms with Crippen LogP contribution >= 0.6 is 0 Å². The molecule has 2 rings (SSSR count). The molecule has 3 nitrogen and oxygen atoms in total. The standard InChI is InChI=1S/C14H21NO2/c1-3-7-15-11-8-14(9-11)17-13-6-4-5-12(10-13)16-2/h4-6,10-11,14-15H,3,7-9H2,1-2H3. The van der Waals surface area contributed by atoms with E-state index in [2.05, 4.69) is 12.2 Å². The summed E-state index contributed by atoms with van der Waals surface area (Å²) in [7, 11) is 1.67. The van der Waals surface area contributed by atoms with Crippen molar-refractivity contribution in [1.82, 2.24) is 5.32 Å². The van der Waals surface area contributed by atoms with Crippen molar-refractivity contribution < 1.29 is 9.47 Å². The highest BCUT2D eigenvalue weighted by Crippen LogP contribution is 2.27. The molecule has 1 N–H and O–H groups in total. The Balaban J connectivity index is 1.75. The highest BCUT2D eigenvalue weighted by Gasteiger charge is 2.30. The Kier molecular flexibility index (Phi) is 4.26. The molecule has 0 spiro atoms. The number of methoxy groups -OCH3 is 1. The van der Waals surface area contributed by atoms with E-state index < -0.39 is 0 Å². The second kappa shape index (κ2) is 5.92. The minimum Gasteiger partial charge on any atom is -0.497 e. The summed E-state index contributed by atoms with van der Waals surface area (Å²) in [6, 6.07) is 8.45. The number of ether oxygens (including phenoxy) is 2. The van der Waals surface area contributed by atoms with E-state index in [1.165, 1.54) is 6.42 Å². The molecular formula is C14H21NO2. The third-order valence-corrected chi connectivity index (χ3v) is 3.12. The molecule has 1 aliphatic carbocycles. The maximum atomic E-state index is 5.88. The molecule has 94 valence electrons. The van der Waals surface area contributed by atoms with Gasteiger partial charge in [0.15, 0.2) is 0 Å². The molecule has 0 saturated heterocycles. The van der Waals surface area contributed by atoms with Crippen LogP contribution in [-0.4, -0.2) is 25.8 Å². The Bertz CT molecular complexity index is 348. The van der Waals surface area contributed by atoms with Gasteiger partial charge in [0.2, 0.25) is 0 Å². The van der Waals surface area contributed by atoms with Gasteiger partial charge in [-0.1, -0.05) is 13.0 Å². The molecule has 1 aliphatic rings. The van der Waals surface area contributed by atoms with Gasteiger partial charge in [-0.2, -0.15) is 0 Å². The first-order valence-electron chi connectivity index (χ1n) is 6.36.